The first-order valence-corrected chi connectivity index (χ1v) is 8.17. The lowest BCUT2D eigenvalue weighted by atomic mass is 9.63. The van der Waals surface area contributed by atoms with Gasteiger partial charge < -0.3 is 10.4 Å². The van der Waals surface area contributed by atoms with Crippen LogP contribution in [0.4, 0.5) is 0 Å². The van der Waals surface area contributed by atoms with E-state index in [0.717, 1.165) is 23.7 Å². The van der Waals surface area contributed by atoms with Gasteiger partial charge in [-0.25, -0.2) is 0 Å². The number of hydrogen-bond donors (Lipinski definition) is 2. The van der Waals surface area contributed by atoms with Crippen LogP contribution in [0.5, 0.6) is 5.75 Å². The minimum absolute atomic E-state index is 0.0104. The number of nitrogens with one attached hydrogen (secondary N) is 1. The first kappa shape index (κ1) is 16.3. The van der Waals surface area contributed by atoms with Crippen LogP contribution in [-0.2, 0) is 0 Å². The highest BCUT2D eigenvalue weighted by Crippen LogP contribution is 2.45. The average molecular weight is 354 g/mol. The van der Waals surface area contributed by atoms with E-state index in [1.54, 1.807) is 18.2 Å². The number of halogens is 1. The fourth-order valence-electron chi connectivity index (χ4n) is 3.91. The molecule has 21 heavy (non-hydrogen) atoms. The number of amides is 1. The summed E-state index contributed by atoms with van der Waals surface area (Å²) in [4.78, 5) is 12.4. The summed E-state index contributed by atoms with van der Waals surface area (Å²) in [6.07, 6.45) is 3.11. The van der Waals surface area contributed by atoms with Crippen molar-refractivity contribution >= 4 is 21.8 Å². The van der Waals surface area contributed by atoms with Crippen molar-refractivity contribution in [1.82, 2.24) is 5.32 Å². The monoisotopic (exact) mass is 353 g/mol. The highest BCUT2D eigenvalue weighted by Gasteiger charge is 2.39. The summed E-state index contributed by atoms with van der Waals surface area (Å²) in [6.45, 7) is 9.02. The van der Waals surface area contributed by atoms with Gasteiger partial charge in [0.1, 0.15) is 5.75 Å². The van der Waals surface area contributed by atoms with Gasteiger partial charge in [0.2, 0.25) is 0 Å². The van der Waals surface area contributed by atoms with Crippen LogP contribution >= 0.6 is 15.9 Å². The molecule has 1 aliphatic carbocycles. The Hall–Kier alpha value is -1.03. The second kappa shape index (κ2) is 5.64. The normalized spacial score (nSPS) is 21.0. The standard InChI is InChI=1S/C17H24BrNO2/c1-16(2)8-12(9-17(3,4)10-16)19-15(21)13-6-5-11(18)7-14(13)20/h5-7,12,20H,8-10H2,1-4H3,(H,19,21). The van der Waals surface area contributed by atoms with Gasteiger partial charge in [-0.05, 0) is 48.3 Å². The summed E-state index contributed by atoms with van der Waals surface area (Å²) >= 11 is 3.28. The summed E-state index contributed by atoms with van der Waals surface area (Å²) in [7, 11) is 0. The number of carbonyl (C=O) groups excluding carboxylic acids is 1. The highest BCUT2D eigenvalue weighted by molar-refractivity contribution is 9.10. The molecule has 4 heteroatoms. The Bertz CT molecular complexity index is 536. The summed E-state index contributed by atoms with van der Waals surface area (Å²) in [5.41, 5.74) is 0.780. The molecule has 0 radical (unpaired) electrons. The fourth-order valence-corrected chi connectivity index (χ4v) is 4.26. The van der Waals surface area contributed by atoms with E-state index < -0.39 is 0 Å². The molecule has 3 nitrogen and oxygen atoms in total. The van der Waals surface area contributed by atoms with Gasteiger partial charge >= 0.3 is 0 Å². The summed E-state index contributed by atoms with van der Waals surface area (Å²) in [6, 6.07) is 5.11. The molecule has 0 aliphatic heterocycles. The number of benzene rings is 1. The molecule has 0 bridgehead atoms. The highest BCUT2D eigenvalue weighted by atomic mass is 79.9. The third-order valence-electron chi connectivity index (χ3n) is 4.09. The van der Waals surface area contributed by atoms with Crippen molar-refractivity contribution in [2.75, 3.05) is 0 Å². The van der Waals surface area contributed by atoms with Gasteiger partial charge in [0.05, 0.1) is 5.56 Å². The minimum atomic E-state index is -0.196. The van der Waals surface area contributed by atoms with Crippen molar-refractivity contribution in [3.63, 3.8) is 0 Å². The number of phenols is 1. The quantitative estimate of drug-likeness (QED) is 0.822. The van der Waals surface area contributed by atoms with Crippen LogP contribution in [0.25, 0.3) is 0 Å². The number of phenolic OH excluding ortho intramolecular Hbond substituents is 1. The zero-order valence-corrected chi connectivity index (χ0v) is 14.8. The fraction of sp³-hybridized carbons (Fsp3) is 0.588. The van der Waals surface area contributed by atoms with Gasteiger partial charge in [-0.15, -0.1) is 0 Å². The number of carbonyl (C=O) groups is 1. The van der Waals surface area contributed by atoms with Gasteiger partial charge in [-0.2, -0.15) is 0 Å². The van der Waals surface area contributed by atoms with Gasteiger partial charge in [0, 0.05) is 10.5 Å². The Balaban J connectivity index is 2.12. The first-order valence-electron chi connectivity index (χ1n) is 7.37. The first-order chi connectivity index (χ1) is 9.58. The molecule has 0 unspecified atom stereocenters. The number of hydrogen-bond acceptors (Lipinski definition) is 2. The molecule has 0 atom stereocenters. The van der Waals surface area contributed by atoms with Gasteiger partial charge in [0.25, 0.3) is 5.91 Å². The lowest BCUT2D eigenvalue weighted by Crippen LogP contribution is -2.46. The Kier molecular flexibility index (Phi) is 4.39. The minimum Gasteiger partial charge on any atom is -0.507 e. The third-order valence-corrected chi connectivity index (χ3v) is 4.59. The van der Waals surface area contributed by atoms with Gasteiger partial charge in [-0.1, -0.05) is 43.6 Å². The molecule has 1 aromatic carbocycles. The second-order valence-corrected chi connectivity index (χ2v) is 8.66. The number of aromatic hydroxyl groups is 1. The van der Waals surface area contributed by atoms with E-state index in [1.165, 1.54) is 0 Å². The molecular formula is C17H24BrNO2. The Morgan fingerprint density at radius 2 is 1.81 bits per heavy atom. The molecule has 1 saturated carbocycles. The molecule has 116 valence electrons. The van der Waals surface area contributed by atoms with Crippen LogP contribution in [0.15, 0.2) is 22.7 Å². The lowest BCUT2D eigenvalue weighted by Gasteiger charge is -2.45. The predicted molar refractivity (Wildman–Crippen MR) is 88.5 cm³/mol. The zero-order valence-electron chi connectivity index (χ0n) is 13.2. The third kappa shape index (κ3) is 4.22. The van der Waals surface area contributed by atoms with Crippen LogP contribution in [-0.4, -0.2) is 17.1 Å². The topological polar surface area (TPSA) is 49.3 Å². The Morgan fingerprint density at radius 3 is 2.33 bits per heavy atom. The second-order valence-electron chi connectivity index (χ2n) is 7.75. The molecule has 2 N–H and O–H groups in total. The van der Waals surface area contributed by atoms with Gasteiger partial charge in [-0.3, -0.25) is 4.79 Å². The van der Waals surface area contributed by atoms with Crippen molar-refractivity contribution < 1.29 is 9.90 Å². The smallest absolute Gasteiger partial charge is 0.255 e. The molecule has 2 rings (SSSR count). The Labute approximate surface area is 135 Å². The molecule has 1 amide bonds. The van der Waals surface area contributed by atoms with Crippen LogP contribution in [0.2, 0.25) is 0 Å². The maximum absolute atomic E-state index is 12.4. The lowest BCUT2D eigenvalue weighted by molar-refractivity contribution is 0.0712. The van der Waals surface area contributed by atoms with E-state index in [4.69, 9.17) is 0 Å². The van der Waals surface area contributed by atoms with Crippen LogP contribution in [0, 0.1) is 10.8 Å². The Morgan fingerprint density at radius 1 is 1.24 bits per heavy atom. The average Bonchev–Trinajstić information content (AvgIpc) is 2.23. The van der Waals surface area contributed by atoms with E-state index in [0.29, 0.717) is 5.56 Å². The molecule has 1 aromatic rings. The molecular weight excluding hydrogens is 330 g/mol. The summed E-state index contributed by atoms with van der Waals surface area (Å²) < 4.78 is 0.761. The zero-order chi connectivity index (χ0) is 15.8. The SMILES string of the molecule is CC1(C)CC(NC(=O)c2ccc(Br)cc2O)CC(C)(C)C1. The molecule has 1 fully saturated rings. The van der Waals surface area contributed by atoms with Crippen molar-refractivity contribution in [1.29, 1.82) is 0 Å². The van der Waals surface area contributed by atoms with E-state index in [9.17, 15) is 9.90 Å². The largest absolute Gasteiger partial charge is 0.507 e. The maximum Gasteiger partial charge on any atom is 0.255 e. The van der Waals surface area contributed by atoms with Crippen molar-refractivity contribution in [3.05, 3.63) is 28.2 Å². The van der Waals surface area contributed by atoms with E-state index in [-0.39, 0.29) is 28.5 Å². The van der Waals surface area contributed by atoms with Crippen molar-refractivity contribution in [2.45, 2.75) is 53.0 Å². The number of rotatable bonds is 2. The molecule has 0 saturated heterocycles. The predicted octanol–water partition coefficient (Wildman–Crippen LogP) is 4.49. The van der Waals surface area contributed by atoms with E-state index in [2.05, 4.69) is 48.9 Å². The van der Waals surface area contributed by atoms with Crippen LogP contribution in [0.3, 0.4) is 0 Å². The van der Waals surface area contributed by atoms with Crippen molar-refractivity contribution in [3.8, 4) is 5.75 Å². The summed E-state index contributed by atoms with van der Waals surface area (Å²) in [5, 5.41) is 13.0. The van der Waals surface area contributed by atoms with E-state index >= 15 is 0 Å². The molecule has 0 heterocycles. The van der Waals surface area contributed by atoms with E-state index in [1.807, 2.05) is 0 Å². The maximum atomic E-state index is 12.4. The molecule has 1 aliphatic rings. The van der Waals surface area contributed by atoms with Crippen LogP contribution < -0.4 is 5.32 Å². The van der Waals surface area contributed by atoms with Crippen LogP contribution in [0.1, 0.15) is 57.3 Å². The molecule has 0 spiro atoms. The summed E-state index contributed by atoms with van der Waals surface area (Å²) in [5.74, 6) is -0.185. The van der Waals surface area contributed by atoms with Crippen molar-refractivity contribution in [2.24, 2.45) is 10.8 Å². The van der Waals surface area contributed by atoms with Gasteiger partial charge in [0.15, 0.2) is 0 Å². The molecule has 0 aromatic heterocycles.